The van der Waals surface area contributed by atoms with Crippen LogP contribution in [-0.4, -0.2) is 60.8 Å². The summed E-state index contributed by atoms with van der Waals surface area (Å²) in [6.45, 7) is 6.85. The summed E-state index contributed by atoms with van der Waals surface area (Å²) in [7, 11) is -4.85. The van der Waals surface area contributed by atoms with Crippen molar-refractivity contribution in [2.24, 2.45) is 11.8 Å². The zero-order chi connectivity index (χ0) is 36.6. The number of esters is 2. The zero-order valence-electron chi connectivity index (χ0n) is 31.7. The van der Waals surface area contributed by atoms with Gasteiger partial charge in [0.2, 0.25) is 0 Å². The number of carbonyl (C=O) groups excluding carboxylic acids is 2. The molecule has 0 radical (unpaired) electrons. The van der Waals surface area contributed by atoms with E-state index < -0.39 is 51.8 Å². The smallest absolute Gasteiger partial charge is 0.306 e. The lowest BCUT2D eigenvalue weighted by Gasteiger charge is -2.26. The molecule has 0 aromatic rings. The minimum absolute atomic E-state index is 0.172. The predicted octanol–water partition coefficient (Wildman–Crippen LogP) is 8.97. The Balaban J connectivity index is 4.35. The van der Waals surface area contributed by atoms with Crippen LogP contribution in [0.2, 0.25) is 0 Å². The van der Waals surface area contributed by atoms with E-state index in [0.29, 0.717) is 12.8 Å². The van der Waals surface area contributed by atoms with Crippen molar-refractivity contribution >= 4 is 19.8 Å². The van der Waals surface area contributed by atoms with E-state index in [4.69, 9.17) is 19.1 Å². The van der Waals surface area contributed by atoms with Crippen molar-refractivity contribution in [1.82, 2.24) is 0 Å². The van der Waals surface area contributed by atoms with Gasteiger partial charge in [0.05, 0.1) is 19.8 Å². The molecule has 0 amide bonds. The molecular formula is C38H74O10P-. The van der Waals surface area contributed by atoms with E-state index >= 15 is 0 Å². The zero-order valence-corrected chi connectivity index (χ0v) is 32.6. The van der Waals surface area contributed by atoms with Gasteiger partial charge in [-0.1, -0.05) is 156 Å². The molecule has 11 heteroatoms. The standard InChI is InChI=1S/C38H75O10P/c1-5-33(3)25-21-17-13-9-7-8-10-15-19-23-27-37(41)45-31-36(32-47-49(43,44)46-30-35(40)29-39)48-38(42)28-24-20-16-12-11-14-18-22-26-34(4)6-2/h33-36,39-40H,5-32H2,1-4H3,(H,43,44)/p-1/t33?,34?,35-,36+/m0/s1. The SMILES string of the molecule is CCC(C)CCCCCCCCCCCCC(=O)OC[C@H](COP(=O)([O-])OC[C@@H](O)CO)OC(=O)CCCCCCCCCCC(C)CC. The maximum atomic E-state index is 12.5. The number of unbranched alkanes of at least 4 members (excludes halogenated alkanes) is 16. The molecule has 0 aliphatic heterocycles. The number of hydrogen-bond donors (Lipinski definition) is 2. The highest BCUT2D eigenvalue weighted by atomic mass is 31.2. The van der Waals surface area contributed by atoms with Crippen LogP contribution in [0.4, 0.5) is 0 Å². The first kappa shape index (κ1) is 48.0. The summed E-state index contributed by atoms with van der Waals surface area (Å²) >= 11 is 0. The Morgan fingerprint density at radius 2 is 1.00 bits per heavy atom. The summed E-state index contributed by atoms with van der Waals surface area (Å²) in [6, 6.07) is 0. The van der Waals surface area contributed by atoms with E-state index in [1.54, 1.807) is 0 Å². The Morgan fingerprint density at radius 3 is 1.43 bits per heavy atom. The number of phosphoric acid groups is 1. The van der Waals surface area contributed by atoms with E-state index in [1.807, 2.05) is 0 Å². The van der Waals surface area contributed by atoms with Gasteiger partial charge < -0.3 is 33.6 Å². The highest BCUT2D eigenvalue weighted by Crippen LogP contribution is 2.38. The monoisotopic (exact) mass is 722 g/mol. The summed E-state index contributed by atoms with van der Waals surface area (Å²) in [6.07, 6.45) is 23.4. The normalized spacial score (nSPS) is 15.3. The molecule has 0 spiro atoms. The fourth-order valence-electron chi connectivity index (χ4n) is 5.47. The third kappa shape index (κ3) is 32.6. The Kier molecular flexibility index (Phi) is 32.2. The molecule has 0 heterocycles. The lowest BCUT2D eigenvalue weighted by Crippen LogP contribution is -2.30. The second kappa shape index (κ2) is 32.8. The number of aliphatic hydroxyl groups excluding tert-OH is 2. The number of aliphatic hydroxyl groups is 2. The molecule has 2 N–H and O–H groups in total. The Labute approximate surface area is 299 Å². The van der Waals surface area contributed by atoms with Gasteiger partial charge in [-0.2, -0.15) is 0 Å². The van der Waals surface area contributed by atoms with Gasteiger partial charge in [0.25, 0.3) is 7.82 Å². The van der Waals surface area contributed by atoms with Crippen molar-refractivity contribution < 1.29 is 47.8 Å². The van der Waals surface area contributed by atoms with E-state index in [1.165, 1.54) is 89.9 Å². The van der Waals surface area contributed by atoms with Gasteiger partial charge >= 0.3 is 11.9 Å². The molecule has 0 fully saturated rings. The number of rotatable bonds is 36. The maximum absolute atomic E-state index is 12.5. The van der Waals surface area contributed by atoms with Gasteiger partial charge in [-0.3, -0.25) is 14.2 Å². The molecule has 0 aliphatic rings. The Morgan fingerprint density at radius 1 is 0.612 bits per heavy atom. The van der Waals surface area contributed by atoms with Crippen molar-refractivity contribution in [3.8, 4) is 0 Å². The minimum atomic E-state index is -4.85. The van der Waals surface area contributed by atoms with Gasteiger partial charge in [-0.15, -0.1) is 0 Å². The quantitative estimate of drug-likeness (QED) is 0.0364. The van der Waals surface area contributed by atoms with Crippen molar-refractivity contribution in [3.63, 3.8) is 0 Å². The third-order valence-corrected chi connectivity index (χ3v) is 10.3. The van der Waals surface area contributed by atoms with Crippen molar-refractivity contribution in [2.75, 3.05) is 26.4 Å². The molecule has 0 saturated heterocycles. The first-order valence-electron chi connectivity index (χ1n) is 19.8. The minimum Gasteiger partial charge on any atom is -0.756 e. The molecule has 0 aliphatic carbocycles. The maximum Gasteiger partial charge on any atom is 0.306 e. The molecule has 0 aromatic heterocycles. The van der Waals surface area contributed by atoms with E-state index in [0.717, 1.165) is 50.4 Å². The molecule has 0 aromatic carbocycles. The molecule has 5 atom stereocenters. The second-order valence-corrected chi connectivity index (χ2v) is 15.5. The highest BCUT2D eigenvalue weighted by Gasteiger charge is 2.21. The summed E-state index contributed by atoms with van der Waals surface area (Å²) in [5.74, 6) is 0.692. The van der Waals surface area contributed by atoms with Crippen LogP contribution in [0.1, 0.15) is 182 Å². The topological polar surface area (TPSA) is 152 Å². The van der Waals surface area contributed by atoms with Crippen molar-refractivity contribution in [3.05, 3.63) is 0 Å². The summed E-state index contributed by atoms with van der Waals surface area (Å²) in [5, 5.41) is 18.2. The van der Waals surface area contributed by atoms with Gasteiger partial charge in [0.15, 0.2) is 6.10 Å². The molecule has 3 unspecified atom stereocenters. The van der Waals surface area contributed by atoms with Crippen LogP contribution in [0.3, 0.4) is 0 Å². The van der Waals surface area contributed by atoms with Gasteiger partial charge in [0.1, 0.15) is 12.7 Å². The average Bonchev–Trinajstić information content (AvgIpc) is 3.09. The van der Waals surface area contributed by atoms with Crippen LogP contribution in [0.5, 0.6) is 0 Å². The molecule has 292 valence electrons. The van der Waals surface area contributed by atoms with Crippen molar-refractivity contribution in [2.45, 2.75) is 194 Å². The summed E-state index contributed by atoms with van der Waals surface area (Å²) in [4.78, 5) is 37.0. The Bertz CT molecular complexity index is 826. The van der Waals surface area contributed by atoms with Crippen LogP contribution in [0.15, 0.2) is 0 Å². The molecular weight excluding hydrogens is 647 g/mol. The second-order valence-electron chi connectivity index (χ2n) is 14.1. The number of phosphoric ester groups is 1. The molecule has 10 nitrogen and oxygen atoms in total. The van der Waals surface area contributed by atoms with Crippen LogP contribution in [0.25, 0.3) is 0 Å². The molecule has 49 heavy (non-hydrogen) atoms. The van der Waals surface area contributed by atoms with Crippen molar-refractivity contribution in [1.29, 1.82) is 0 Å². The highest BCUT2D eigenvalue weighted by molar-refractivity contribution is 7.45. The van der Waals surface area contributed by atoms with Crippen LogP contribution in [-0.2, 0) is 32.7 Å². The third-order valence-electron chi connectivity index (χ3n) is 9.33. The molecule has 0 saturated carbocycles. The van der Waals surface area contributed by atoms with Crippen LogP contribution < -0.4 is 4.89 Å². The van der Waals surface area contributed by atoms with Gasteiger partial charge in [0, 0.05) is 12.8 Å². The fourth-order valence-corrected chi connectivity index (χ4v) is 6.25. The predicted molar refractivity (Wildman–Crippen MR) is 194 cm³/mol. The average molecular weight is 722 g/mol. The molecule has 0 bridgehead atoms. The summed E-state index contributed by atoms with van der Waals surface area (Å²) in [5.41, 5.74) is 0. The van der Waals surface area contributed by atoms with Gasteiger partial charge in [-0.25, -0.2) is 0 Å². The first-order valence-corrected chi connectivity index (χ1v) is 21.2. The van der Waals surface area contributed by atoms with E-state index in [9.17, 15) is 24.2 Å². The number of ether oxygens (including phenoxy) is 2. The van der Waals surface area contributed by atoms with Crippen LogP contribution in [0, 0.1) is 11.8 Å². The number of carbonyl (C=O) groups is 2. The van der Waals surface area contributed by atoms with E-state index in [-0.39, 0.29) is 19.4 Å². The lowest BCUT2D eigenvalue weighted by molar-refractivity contribution is -0.230. The Hall–Kier alpha value is -1.03. The molecule has 0 rings (SSSR count). The first-order chi connectivity index (χ1) is 23.5. The van der Waals surface area contributed by atoms with E-state index in [2.05, 4.69) is 32.2 Å². The fraction of sp³-hybridized carbons (Fsp3) is 0.947. The van der Waals surface area contributed by atoms with Crippen LogP contribution >= 0.6 is 7.82 Å². The lowest BCUT2D eigenvalue weighted by atomic mass is 9.99. The number of hydrogen-bond acceptors (Lipinski definition) is 10. The van der Waals surface area contributed by atoms with Gasteiger partial charge in [-0.05, 0) is 24.7 Å². The summed E-state index contributed by atoms with van der Waals surface area (Å²) < 4.78 is 32.2. The largest absolute Gasteiger partial charge is 0.756 e.